The average molecular weight is 439 g/mol. The molecule has 0 aliphatic heterocycles. The van der Waals surface area contributed by atoms with Crippen LogP contribution in [0.4, 0.5) is 11.6 Å². The van der Waals surface area contributed by atoms with Gasteiger partial charge in [0.25, 0.3) is 5.56 Å². The first-order chi connectivity index (χ1) is 17.3. The molecule has 4 aromatic rings. The molecule has 5 rings (SSSR count). The van der Waals surface area contributed by atoms with Crippen molar-refractivity contribution in [3.8, 4) is 17.5 Å². The van der Waals surface area contributed by atoms with Crippen molar-refractivity contribution in [2.45, 2.75) is 12.8 Å². The highest BCUT2D eigenvalue weighted by molar-refractivity contribution is 5.97. The molecule has 0 radical (unpaired) electrons. The zero-order valence-corrected chi connectivity index (χ0v) is 17.4. The summed E-state index contributed by atoms with van der Waals surface area (Å²) in [7, 11) is 0. The van der Waals surface area contributed by atoms with Crippen molar-refractivity contribution >= 4 is 28.4 Å². The highest BCUT2D eigenvalue weighted by Gasteiger charge is 2.30. The summed E-state index contributed by atoms with van der Waals surface area (Å²) < 4.78 is 24.0. The molecule has 0 unspecified atom stereocenters. The van der Waals surface area contributed by atoms with Crippen LogP contribution in [0, 0.1) is 17.8 Å². The molecule has 1 aliphatic rings. The fourth-order valence-corrected chi connectivity index (χ4v) is 3.34. The van der Waals surface area contributed by atoms with E-state index >= 15 is 0 Å². The minimum absolute atomic E-state index is 0.0123. The molecule has 1 aliphatic carbocycles. The number of fused-ring (bicyclic) bond motifs is 1. The van der Waals surface area contributed by atoms with Crippen LogP contribution in [0.1, 0.15) is 28.1 Å². The monoisotopic (exact) mass is 439 g/mol. The van der Waals surface area contributed by atoms with E-state index in [0.29, 0.717) is 22.2 Å². The first-order valence-electron chi connectivity index (χ1n) is 11.8. The van der Waals surface area contributed by atoms with Gasteiger partial charge < -0.3 is 10.6 Å². The summed E-state index contributed by atoms with van der Waals surface area (Å²) >= 11 is 0. The third-order valence-electron chi connectivity index (χ3n) is 5.26. The van der Waals surface area contributed by atoms with Crippen LogP contribution in [0.15, 0.2) is 65.7 Å². The standard InChI is InChI=1S/C25H20N6O2/c1-26-24-23-20(14-21(29-30-23)28-25(33)17-9-10-17)18(15-27-24)8-5-16-6-11-19(12-7-16)31-13-3-2-4-22(31)32/h2-4,6-7,11-15,17H,9-10H2,1H3,(H,26,27)(H,28,29,33)/i1D3. The van der Waals surface area contributed by atoms with E-state index in [1.165, 1.54) is 16.8 Å². The van der Waals surface area contributed by atoms with Gasteiger partial charge in [-0.05, 0) is 49.2 Å². The number of carbonyl (C=O) groups excluding carboxylic acids is 1. The van der Waals surface area contributed by atoms with E-state index in [9.17, 15) is 9.59 Å². The molecule has 0 bridgehead atoms. The number of carbonyl (C=O) groups is 1. The van der Waals surface area contributed by atoms with Crippen molar-refractivity contribution in [2.75, 3.05) is 17.6 Å². The number of amides is 1. The Bertz CT molecular complexity index is 1580. The molecule has 3 aromatic heterocycles. The highest BCUT2D eigenvalue weighted by Crippen LogP contribution is 2.30. The van der Waals surface area contributed by atoms with Crippen LogP contribution in [0.3, 0.4) is 0 Å². The second-order valence-corrected chi connectivity index (χ2v) is 7.61. The second kappa shape index (κ2) is 8.55. The molecule has 162 valence electrons. The summed E-state index contributed by atoms with van der Waals surface area (Å²) in [5.41, 5.74) is 1.99. The van der Waals surface area contributed by atoms with E-state index < -0.39 is 6.98 Å². The van der Waals surface area contributed by atoms with Gasteiger partial charge in [0.15, 0.2) is 11.6 Å². The van der Waals surface area contributed by atoms with Gasteiger partial charge in [-0.2, -0.15) is 0 Å². The lowest BCUT2D eigenvalue weighted by atomic mass is 10.1. The Hall–Kier alpha value is -4.51. The largest absolute Gasteiger partial charge is 0.371 e. The van der Waals surface area contributed by atoms with Crippen molar-refractivity contribution in [3.05, 3.63) is 82.4 Å². The van der Waals surface area contributed by atoms with Crippen LogP contribution in [-0.2, 0) is 4.79 Å². The average Bonchev–Trinajstić information content (AvgIpc) is 3.69. The van der Waals surface area contributed by atoms with Gasteiger partial charge in [0, 0.05) is 52.1 Å². The van der Waals surface area contributed by atoms with E-state index in [1.54, 1.807) is 48.7 Å². The Morgan fingerprint density at radius 1 is 1.15 bits per heavy atom. The van der Waals surface area contributed by atoms with E-state index in [2.05, 4.69) is 37.7 Å². The maximum Gasteiger partial charge on any atom is 0.255 e. The van der Waals surface area contributed by atoms with Gasteiger partial charge in [0.05, 0.1) is 5.56 Å². The third kappa shape index (κ3) is 4.29. The third-order valence-corrected chi connectivity index (χ3v) is 5.26. The molecular weight excluding hydrogens is 416 g/mol. The van der Waals surface area contributed by atoms with Crippen LogP contribution in [0.25, 0.3) is 16.6 Å². The number of nitrogens with zero attached hydrogens (tertiary/aromatic N) is 4. The van der Waals surface area contributed by atoms with Gasteiger partial charge in [-0.15, -0.1) is 10.2 Å². The lowest BCUT2D eigenvalue weighted by Gasteiger charge is -2.08. The van der Waals surface area contributed by atoms with Crippen LogP contribution in [-0.4, -0.2) is 32.6 Å². The number of benzene rings is 1. The molecule has 1 aromatic carbocycles. The van der Waals surface area contributed by atoms with Gasteiger partial charge in [0.1, 0.15) is 5.52 Å². The second-order valence-electron chi connectivity index (χ2n) is 7.61. The Morgan fingerprint density at radius 3 is 2.76 bits per heavy atom. The quantitative estimate of drug-likeness (QED) is 0.474. The van der Waals surface area contributed by atoms with Gasteiger partial charge in [0.2, 0.25) is 5.91 Å². The zero-order valence-electron chi connectivity index (χ0n) is 20.4. The van der Waals surface area contributed by atoms with Crippen LogP contribution < -0.4 is 16.2 Å². The Morgan fingerprint density at radius 2 is 2.00 bits per heavy atom. The first kappa shape index (κ1) is 17.1. The summed E-state index contributed by atoms with van der Waals surface area (Å²) in [4.78, 5) is 28.4. The minimum atomic E-state index is -2.48. The first-order valence-corrected chi connectivity index (χ1v) is 10.3. The molecular formula is C25H20N6O2. The Labute approximate surface area is 193 Å². The predicted octanol–water partition coefficient (Wildman–Crippen LogP) is 2.97. The zero-order chi connectivity index (χ0) is 25.3. The molecule has 2 N–H and O–H groups in total. The maximum atomic E-state index is 12.2. The molecule has 1 amide bonds. The number of nitrogens with one attached hydrogen (secondary N) is 2. The van der Waals surface area contributed by atoms with Crippen LogP contribution in [0.5, 0.6) is 0 Å². The predicted molar refractivity (Wildman–Crippen MR) is 126 cm³/mol. The molecule has 33 heavy (non-hydrogen) atoms. The van der Waals surface area contributed by atoms with Gasteiger partial charge in [-0.25, -0.2) is 4.98 Å². The van der Waals surface area contributed by atoms with Crippen molar-refractivity contribution < 1.29 is 8.91 Å². The SMILES string of the molecule is [2H]C([2H])([2H])Nc1ncc(C#Cc2ccc(-n3ccccc3=O)cc2)c2cc(NC(=O)C3CC3)nnc12. The molecule has 0 saturated heterocycles. The molecule has 3 heterocycles. The number of rotatable bonds is 4. The number of hydrogen-bond donors (Lipinski definition) is 2. The molecule has 1 fully saturated rings. The van der Waals surface area contributed by atoms with Gasteiger partial charge in [-0.1, -0.05) is 17.9 Å². The number of aromatic nitrogens is 4. The fourth-order valence-electron chi connectivity index (χ4n) is 3.34. The molecule has 8 heteroatoms. The number of hydrogen-bond acceptors (Lipinski definition) is 6. The van der Waals surface area contributed by atoms with Crippen LogP contribution in [0.2, 0.25) is 0 Å². The summed E-state index contributed by atoms with van der Waals surface area (Å²) in [6.45, 7) is -2.48. The Balaban J connectivity index is 1.50. The van der Waals surface area contributed by atoms with Crippen molar-refractivity contribution in [1.82, 2.24) is 19.7 Å². The van der Waals surface area contributed by atoms with E-state index in [1.807, 2.05) is 0 Å². The summed E-state index contributed by atoms with van der Waals surface area (Å²) in [6, 6.07) is 13.7. The van der Waals surface area contributed by atoms with E-state index in [0.717, 1.165) is 12.8 Å². The lowest BCUT2D eigenvalue weighted by Crippen LogP contribution is -2.15. The highest BCUT2D eigenvalue weighted by atomic mass is 16.2. The lowest BCUT2D eigenvalue weighted by molar-refractivity contribution is -0.117. The molecule has 0 atom stereocenters. The smallest absolute Gasteiger partial charge is 0.255 e. The van der Waals surface area contributed by atoms with E-state index in [4.69, 9.17) is 4.11 Å². The molecule has 8 nitrogen and oxygen atoms in total. The topological polar surface area (TPSA) is 102 Å². The van der Waals surface area contributed by atoms with Gasteiger partial charge in [-0.3, -0.25) is 14.2 Å². The van der Waals surface area contributed by atoms with E-state index in [-0.39, 0.29) is 34.5 Å². The molecule has 0 spiro atoms. The molecule has 1 saturated carbocycles. The summed E-state index contributed by atoms with van der Waals surface area (Å²) in [5.74, 6) is 6.27. The number of pyridine rings is 2. The summed E-state index contributed by atoms with van der Waals surface area (Å²) in [6.07, 6.45) is 4.83. The summed E-state index contributed by atoms with van der Waals surface area (Å²) in [5, 5.41) is 13.8. The van der Waals surface area contributed by atoms with Crippen LogP contribution >= 0.6 is 0 Å². The Kier molecular flexibility index (Phi) is 4.43. The van der Waals surface area contributed by atoms with Crippen molar-refractivity contribution in [2.24, 2.45) is 5.92 Å². The number of anilines is 2. The van der Waals surface area contributed by atoms with Gasteiger partial charge >= 0.3 is 0 Å². The fraction of sp³-hybridized carbons (Fsp3) is 0.160. The van der Waals surface area contributed by atoms with Crippen molar-refractivity contribution in [1.29, 1.82) is 0 Å². The normalized spacial score (nSPS) is 14.4. The minimum Gasteiger partial charge on any atom is -0.371 e. The van der Waals surface area contributed by atoms with Crippen molar-refractivity contribution in [3.63, 3.8) is 0 Å². The maximum absolute atomic E-state index is 12.2.